The number of rotatable bonds is 7. The lowest BCUT2D eigenvalue weighted by Gasteiger charge is -2.20. The van der Waals surface area contributed by atoms with Crippen molar-refractivity contribution < 1.29 is 15.0 Å². The molecule has 28 heavy (non-hydrogen) atoms. The predicted octanol–water partition coefficient (Wildman–Crippen LogP) is 5.78. The van der Waals surface area contributed by atoms with Crippen LogP contribution in [0.1, 0.15) is 58.3 Å². The fourth-order valence-corrected chi connectivity index (χ4v) is 3.67. The number of carboxylic acids is 1. The minimum absolute atomic E-state index is 0.00405. The van der Waals surface area contributed by atoms with Gasteiger partial charge in [-0.05, 0) is 53.0 Å². The van der Waals surface area contributed by atoms with Crippen LogP contribution in [0.5, 0.6) is 5.75 Å². The third-order valence-corrected chi connectivity index (χ3v) is 5.26. The fraction of sp³-hybridized carbons (Fsp3) is 0.240. The molecule has 0 saturated heterocycles. The van der Waals surface area contributed by atoms with E-state index >= 15 is 0 Å². The summed E-state index contributed by atoms with van der Waals surface area (Å²) >= 11 is 0. The molecule has 144 valence electrons. The van der Waals surface area contributed by atoms with E-state index in [1.165, 1.54) is 5.56 Å². The van der Waals surface area contributed by atoms with Crippen molar-refractivity contribution in [1.82, 2.24) is 0 Å². The van der Waals surface area contributed by atoms with Gasteiger partial charge in [0.25, 0.3) is 0 Å². The van der Waals surface area contributed by atoms with Crippen LogP contribution in [-0.2, 0) is 12.8 Å². The molecular formula is C25H26O3. The third-order valence-electron chi connectivity index (χ3n) is 5.26. The Morgan fingerprint density at radius 1 is 0.821 bits per heavy atom. The van der Waals surface area contributed by atoms with E-state index in [1.807, 2.05) is 61.5 Å². The van der Waals surface area contributed by atoms with Gasteiger partial charge in [0.1, 0.15) is 11.3 Å². The van der Waals surface area contributed by atoms with Gasteiger partial charge in [-0.1, -0.05) is 80.6 Å². The lowest BCUT2D eigenvalue weighted by atomic mass is 9.86. The first-order chi connectivity index (χ1) is 13.5. The van der Waals surface area contributed by atoms with E-state index in [2.05, 4.69) is 19.1 Å². The zero-order valence-corrected chi connectivity index (χ0v) is 16.3. The van der Waals surface area contributed by atoms with Crippen LogP contribution in [0.2, 0.25) is 0 Å². The van der Waals surface area contributed by atoms with Gasteiger partial charge < -0.3 is 10.2 Å². The number of carbonyl (C=O) groups is 1. The number of phenols is 1. The van der Waals surface area contributed by atoms with Gasteiger partial charge in [0.2, 0.25) is 0 Å². The monoisotopic (exact) mass is 374 g/mol. The van der Waals surface area contributed by atoms with Crippen LogP contribution in [0.3, 0.4) is 0 Å². The quantitative estimate of drug-likeness (QED) is 0.551. The Morgan fingerprint density at radius 2 is 1.32 bits per heavy atom. The molecule has 0 aromatic heterocycles. The van der Waals surface area contributed by atoms with E-state index in [0.717, 1.165) is 24.0 Å². The molecule has 0 fully saturated rings. The lowest BCUT2D eigenvalue weighted by molar-refractivity contribution is 0.0693. The molecule has 2 unspecified atom stereocenters. The number of carboxylic acid groups (broad SMARTS) is 1. The Hall–Kier alpha value is -3.07. The minimum atomic E-state index is -1.10. The molecule has 2 atom stereocenters. The van der Waals surface area contributed by atoms with E-state index in [-0.39, 0.29) is 23.1 Å². The number of hydrogen-bond donors (Lipinski definition) is 2. The zero-order chi connectivity index (χ0) is 20.1. The Balaban J connectivity index is 1.94. The molecular weight excluding hydrogens is 348 g/mol. The predicted molar refractivity (Wildman–Crippen MR) is 112 cm³/mol. The summed E-state index contributed by atoms with van der Waals surface area (Å²) in [5, 5.41) is 20.2. The fourth-order valence-electron chi connectivity index (χ4n) is 3.67. The van der Waals surface area contributed by atoms with Gasteiger partial charge in [0.15, 0.2) is 0 Å². The molecule has 3 nitrogen and oxygen atoms in total. The van der Waals surface area contributed by atoms with Crippen molar-refractivity contribution in [3.63, 3.8) is 0 Å². The maximum absolute atomic E-state index is 11.7. The highest BCUT2D eigenvalue weighted by Gasteiger charge is 2.21. The summed E-state index contributed by atoms with van der Waals surface area (Å²) in [6.07, 6.45) is 1.56. The topological polar surface area (TPSA) is 57.5 Å². The Bertz CT molecular complexity index is 933. The maximum atomic E-state index is 11.7. The summed E-state index contributed by atoms with van der Waals surface area (Å²) in [4.78, 5) is 11.7. The van der Waals surface area contributed by atoms with Crippen LogP contribution in [0, 0.1) is 0 Å². The first kappa shape index (κ1) is 19.7. The first-order valence-corrected chi connectivity index (χ1v) is 9.63. The Kier molecular flexibility index (Phi) is 6.15. The van der Waals surface area contributed by atoms with Crippen LogP contribution in [0.4, 0.5) is 0 Å². The van der Waals surface area contributed by atoms with E-state index in [1.54, 1.807) is 6.07 Å². The van der Waals surface area contributed by atoms with Gasteiger partial charge in [0, 0.05) is 0 Å². The largest absolute Gasteiger partial charge is 0.507 e. The van der Waals surface area contributed by atoms with Gasteiger partial charge in [-0.2, -0.15) is 0 Å². The van der Waals surface area contributed by atoms with Crippen molar-refractivity contribution in [2.24, 2.45) is 0 Å². The molecule has 0 aliphatic heterocycles. The standard InChI is InChI=1S/C25H26O3/c1-17(13-19-9-5-3-6-10-19)21-15-22(24(26)23(16-21)25(27)28)18(2)14-20-11-7-4-8-12-20/h3-12,15-18,26H,13-14H2,1-2H3,(H,27,28). The summed E-state index contributed by atoms with van der Waals surface area (Å²) in [5.41, 5.74) is 3.98. The second kappa shape index (κ2) is 8.75. The smallest absolute Gasteiger partial charge is 0.339 e. The molecule has 3 aromatic carbocycles. The normalized spacial score (nSPS) is 13.1. The molecule has 3 aromatic rings. The zero-order valence-electron chi connectivity index (χ0n) is 16.3. The number of benzene rings is 3. The van der Waals surface area contributed by atoms with Crippen molar-refractivity contribution >= 4 is 5.97 Å². The second-order valence-corrected chi connectivity index (χ2v) is 7.49. The van der Waals surface area contributed by atoms with Crippen LogP contribution < -0.4 is 0 Å². The SMILES string of the molecule is CC(Cc1ccccc1)c1cc(C(=O)O)c(O)c(C(C)Cc2ccccc2)c1. The molecule has 0 bridgehead atoms. The molecule has 0 heterocycles. The Labute approximate surface area is 166 Å². The van der Waals surface area contributed by atoms with Crippen molar-refractivity contribution in [2.45, 2.75) is 38.5 Å². The summed E-state index contributed by atoms with van der Waals surface area (Å²) in [6.45, 7) is 4.12. The van der Waals surface area contributed by atoms with Crippen molar-refractivity contribution in [1.29, 1.82) is 0 Å². The van der Waals surface area contributed by atoms with Crippen LogP contribution in [0.15, 0.2) is 72.8 Å². The molecule has 2 N–H and O–H groups in total. The highest BCUT2D eigenvalue weighted by molar-refractivity contribution is 5.91. The summed E-state index contributed by atoms with van der Waals surface area (Å²) in [7, 11) is 0. The van der Waals surface area contributed by atoms with Gasteiger partial charge in [-0.3, -0.25) is 0 Å². The highest BCUT2D eigenvalue weighted by atomic mass is 16.4. The summed E-state index contributed by atoms with van der Waals surface area (Å²) < 4.78 is 0. The van der Waals surface area contributed by atoms with E-state index < -0.39 is 5.97 Å². The van der Waals surface area contributed by atoms with Gasteiger partial charge in [0.05, 0.1) is 0 Å². The van der Waals surface area contributed by atoms with Gasteiger partial charge in [-0.25, -0.2) is 4.79 Å². The molecule has 3 rings (SSSR count). The molecule has 0 aliphatic rings. The van der Waals surface area contributed by atoms with Crippen molar-refractivity contribution in [3.8, 4) is 5.75 Å². The van der Waals surface area contributed by atoms with Gasteiger partial charge >= 0.3 is 5.97 Å². The Morgan fingerprint density at radius 3 is 1.82 bits per heavy atom. The van der Waals surface area contributed by atoms with E-state index in [4.69, 9.17) is 0 Å². The lowest BCUT2D eigenvalue weighted by Crippen LogP contribution is -2.08. The molecule has 0 spiro atoms. The average molecular weight is 374 g/mol. The van der Waals surface area contributed by atoms with Crippen LogP contribution in [0.25, 0.3) is 0 Å². The molecule has 0 saturated carbocycles. The summed E-state index contributed by atoms with van der Waals surface area (Å²) in [6, 6.07) is 23.8. The summed E-state index contributed by atoms with van der Waals surface area (Å²) in [5.74, 6) is -1.07. The number of hydrogen-bond acceptors (Lipinski definition) is 2. The maximum Gasteiger partial charge on any atom is 0.339 e. The minimum Gasteiger partial charge on any atom is -0.507 e. The number of aromatic carboxylic acids is 1. The van der Waals surface area contributed by atoms with Crippen LogP contribution >= 0.6 is 0 Å². The molecule has 0 amide bonds. The third kappa shape index (κ3) is 4.61. The highest BCUT2D eigenvalue weighted by Crippen LogP contribution is 2.35. The number of aromatic hydroxyl groups is 1. The van der Waals surface area contributed by atoms with E-state index in [0.29, 0.717) is 5.56 Å². The average Bonchev–Trinajstić information content (AvgIpc) is 2.69. The van der Waals surface area contributed by atoms with Crippen LogP contribution in [-0.4, -0.2) is 16.2 Å². The second-order valence-electron chi connectivity index (χ2n) is 7.49. The molecule has 0 radical (unpaired) electrons. The molecule has 0 aliphatic carbocycles. The van der Waals surface area contributed by atoms with Gasteiger partial charge in [-0.15, -0.1) is 0 Å². The van der Waals surface area contributed by atoms with E-state index in [9.17, 15) is 15.0 Å². The molecule has 3 heteroatoms. The first-order valence-electron chi connectivity index (χ1n) is 9.63. The van der Waals surface area contributed by atoms with Crippen molar-refractivity contribution in [2.75, 3.05) is 0 Å². The van der Waals surface area contributed by atoms with Crippen molar-refractivity contribution in [3.05, 3.63) is 101 Å².